The second-order valence-electron chi connectivity index (χ2n) is 2.99. The molecule has 3 N–H and O–H groups in total. The highest BCUT2D eigenvalue weighted by Gasteiger charge is 2.16. The van der Waals surface area contributed by atoms with Crippen molar-refractivity contribution in [3.63, 3.8) is 0 Å². The highest BCUT2D eigenvalue weighted by molar-refractivity contribution is 7.89. The van der Waals surface area contributed by atoms with Crippen LogP contribution in [-0.2, 0) is 14.8 Å². The van der Waals surface area contributed by atoms with Crippen LogP contribution in [0.2, 0.25) is 0 Å². The Kier molecular flexibility index (Phi) is 3.23. The fourth-order valence-corrected chi connectivity index (χ4v) is 1.65. The predicted molar refractivity (Wildman–Crippen MR) is 47.4 cm³/mol. The number of hydrogen-bond donors (Lipinski definition) is 2. The van der Waals surface area contributed by atoms with Gasteiger partial charge in [0.2, 0.25) is 15.9 Å². The lowest BCUT2D eigenvalue weighted by Gasteiger charge is -2.25. The molecule has 6 nitrogen and oxygen atoms in total. The van der Waals surface area contributed by atoms with E-state index in [2.05, 4.69) is 5.32 Å². The molecule has 0 unspecified atom stereocenters. The van der Waals surface area contributed by atoms with Gasteiger partial charge in [-0.25, -0.2) is 13.6 Å². The lowest BCUT2D eigenvalue weighted by molar-refractivity contribution is -0.123. The van der Waals surface area contributed by atoms with Gasteiger partial charge in [0.15, 0.2) is 0 Å². The number of carbonyl (C=O) groups is 1. The Morgan fingerprint density at radius 3 is 2.77 bits per heavy atom. The summed E-state index contributed by atoms with van der Waals surface area (Å²) in [5.74, 6) is -0.166. The van der Waals surface area contributed by atoms with E-state index >= 15 is 0 Å². The summed E-state index contributed by atoms with van der Waals surface area (Å²) in [4.78, 5) is 12.6. The molecule has 0 aromatic carbocycles. The van der Waals surface area contributed by atoms with Crippen molar-refractivity contribution in [2.45, 2.75) is 0 Å². The molecule has 1 amide bonds. The molecule has 13 heavy (non-hydrogen) atoms. The molecule has 1 heterocycles. The summed E-state index contributed by atoms with van der Waals surface area (Å²) in [6, 6.07) is 0. The van der Waals surface area contributed by atoms with Gasteiger partial charge in [-0.3, -0.25) is 9.69 Å². The average molecular weight is 207 g/mol. The zero-order valence-electron chi connectivity index (χ0n) is 7.19. The largest absolute Gasteiger partial charge is 0.354 e. The van der Waals surface area contributed by atoms with Crippen LogP contribution in [0.1, 0.15) is 0 Å². The van der Waals surface area contributed by atoms with Crippen molar-refractivity contribution in [1.29, 1.82) is 0 Å². The Morgan fingerprint density at radius 2 is 2.23 bits per heavy atom. The summed E-state index contributed by atoms with van der Waals surface area (Å²) in [5, 5.41) is 7.48. The van der Waals surface area contributed by atoms with Crippen molar-refractivity contribution in [3.05, 3.63) is 0 Å². The fraction of sp³-hybridized carbons (Fsp3) is 0.833. The Hall–Kier alpha value is -0.660. The number of amides is 1. The molecular weight excluding hydrogens is 194 g/mol. The van der Waals surface area contributed by atoms with Gasteiger partial charge >= 0.3 is 0 Å². The molecule has 0 aromatic rings. The van der Waals surface area contributed by atoms with Crippen molar-refractivity contribution >= 4 is 15.9 Å². The third-order valence-corrected chi connectivity index (χ3v) is 2.56. The predicted octanol–water partition coefficient (Wildman–Crippen LogP) is -2.29. The minimum Gasteiger partial charge on any atom is -0.354 e. The summed E-state index contributed by atoms with van der Waals surface area (Å²) >= 11 is 0. The summed E-state index contributed by atoms with van der Waals surface area (Å²) in [6.07, 6.45) is 0. The van der Waals surface area contributed by atoms with Gasteiger partial charge in [0.05, 0.1) is 12.3 Å². The topological polar surface area (TPSA) is 92.5 Å². The molecule has 0 aromatic heterocycles. The van der Waals surface area contributed by atoms with Crippen LogP contribution in [0, 0.1) is 0 Å². The number of nitrogens with two attached hydrogens (primary N) is 1. The standard InChI is InChI=1S/C6H13N3O3S/c7-13(11,12)4-3-9-2-1-8-6(10)5-9/h1-5H2,(H,8,10)(H2,7,11,12). The number of piperazine rings is 1. The highest BCUT2D eigenvalue weighted by Crippen LogP contribution is 1.93. The first-order chi connectivity index (χ1) is 5.97. The van der Waals surface area contributed by atoms with E-state index in [9.17, 15) is 13.2 Å². The van der Waals surface area contributed by atoms with Gasteiger partial charge in [0.25, 0.3) is 0 Å². The Balaban J connectivity index is 2.33. The average Bonchev–Trinajstić information content (AvgIpc) is 2.00. The minimum atomic E-state index is -3.41. The van der Waals surface area contributed by atoms with E-state index in [4.69, 9.17) is 5.14 Å². The normalized spacial score (nSPS) is 19.9. The van der Waals surface area contributed by atoms with E-state index < -0.39 is 10.0 Å². The Morgan fingerprint density at radius 1 is 1.54 bits per heavy atom. The van der Waals surface area contributed by atoms with E-state index in [1.54, 1.807) is 4.90 Å². The molecule has 1 aliphatic heterocycles. The molecule has 1 rings (SSSR count). The number of primary sulfonamides is 1. The highest BCUT2D eigenvalue weighted by atomic mass is 32.2. The number of carbonyl (C=O) groups excluding carboxylic acids is 1. The summed E-state index contributed by atoms with van der Waals surface area (Å²) in [5.41, 5.74) is 0. The molecule has 0 spiro atoms. The monoisotopic (exact) mass is 207 g/mol. The van der Waals surface area contributed by atoms with Gasteiger partial charge in [0, 0.05) is 19.6 Å². The van der Waals surface area contributed by atoms with E-state index in [0.29, 0.717) is 19.6 Å². The zero-order valence-corrected chi connectivity index (χ0v) is 8.01. The van der Waals surface area contributed by atoms with E-state index in [-0.39, 0.29) is 18.2 Å². The second-order valence-corrected chi connectivity index (χ2v) is 4.73. The van der Waals surface area contributed by atoms with Crippen molar-refractivity contribution in [2.75, 3.05) is 31.9 Å². The molecule has 1 saturated heterocycles. The second kappa shape index (κ2) is 4.03. The zero-order chi connectivity index (χ0) is 9.90. The van der Waals surface area contributed by atoms with Gasteiger partial charge in [0.1, 0.15) is 0 Å². The van der Waals surface area contributed by atoms with Gasteiger partial charge in [-0.05, 0) is 0 Å². The molecule has 1 aliphatic rings. The summed E-state index contributed by atoms with van der Waals surface area (Å²) in [6.45, 7) is 1.84. The van der Waals surface area contributed by atoms with Crippen molar-refractivity contribution < 1.29 is 13.2 Å². The molecule has 7 heteroatoms. The number of nitrogens with one attached hydrogen (secondary N) is 1. The molecule has 0 aliphatic carbocycles. The first kappa shape index (κ1) is 10.4. The van der Waals surface area contributed by atoms with Crippen molar-refractivity contribution in [3.8, 4) is 0 Å². The Bertz CT molecular complexity index is 287. The lowest BCUT2D eigenvalue weighted by atomic mass is 10.3. The quantitative estimate of drug-likeness (QED) is 0.544. The maximum absolute atomic E-state index is 10.9. The molecule has 1 fully saturated rings. The minimum absolute atomic E-state index is 0.0688. The van der Waals surface area contributed by atoms with Crippen LogP contribution < -0.4 is 10.5 Å². The van der Waals surface area contributed by atoms with Crippen molar-refractivity contribution in [1.82, 2.24) is 10.2 Å². The van der Waals surface area contributed by atoms with Crippen LogP contribution in [-0.4, -0.2) is 51.2 Å². The van der Waals surface area contributed by atoms with Gasteiger partial charge in [-0.2, -0.15) is 0 Å². The molecule has 76 valence electrons. The van der Waals surface area contributed by atoms with E-state index in [1.807, 2.05) is 0 Å². The number of sulfonamides is 1. The summed E-state index contributed by atoms with van der Waals surface area (Å²) < 4.78 is 21.2. The molecular formula is C6H13N3O3S. The first-order valence-electron chi connectivity index (χ1n) is 3.97. The van der Waals surface area contributed by atoms with Gasteiger partial charge in [-0.15, -0.1) is 0 Å². The van der Waals surface area contributed by atoms with Crippen LogP contribution in [0.15, 0.2) is 0 Å². The number of hydrogen-bond acceptors (Lipinski definition) is 4. The summed E-state index contributed by atoms with van der Waals surface area (Å²) in [7, 11) is -3.41. The molecule has 0 bridgehead atoms. The van der Waals surface area contributed by atoms with Crippen LogP contribution in [0.3, 0.4) is 0 Å². The van der Waals surface area contributed by atoms with Gasteiger partial charge in [-0.1, -0.05) is 0 Å². The van der Waals surface area contributed by atoms with Crippen molar-refractivity contribution in [2.24, 2.45) is 5.14 Å². The smallest absolute Gasteiger partial charge is 0.234 e. The van der Waals surface area contributed by atoms with E-state index in [0.717, 1.165) is 0 Å². The van der Waals surface area contributed by atoms with E-state index in [1.165, 1.54) is 0 Å². The SMILES string of the molecule is NS(=O)(=O)CCN1CCNC(=O)C1. The molecule has 0 radical (unpaired) electrons. The molecule has 0 saturated carbocycles. The fourth-order valence-electron chi connectivity index (χ4n) is 1.14. The third kappa shape index (κ3) is 4.20. The van der Waals surface area contributed by atoms with Crippen LogP contribution >= 0.6 is 0 Å². The maximum atomic E-state index is 10.9. The van der Waals surface area contributed by atoms with Crippen LogP contribution in [0.4, 0.5) is 0 Å². The number of nitrogens with zero attached hydrogens (tertiary/aromatic N) is 1. The first-order valence-corrected chi connectivity index (χ1v) is 5.68. The maximum Gasteiger partial charge on any atom is 0.234 e. The lowest BCUT2D eigenvalue weighted by Crippen LogP contribution is -2.49. The van der Waals surface area contributed by atoms with Gasteiger partial charge < -0.3 is 5.32 Å². The van der Waals surface area contributed by atoms with Crippen LogP contribution in [0.25, 0.3) is 0 Å². The number of rotatable bonds is 3. The van der Waals surface area contributed by atoms with Crippen LogP contribution in [0.5, 0.6) is 0 Å². The molecule has 0 atom stereocenters. The third-order valence-electron chi connectivity index (χ3n) is 1.81. The Labute approximate surface area is 77.1 Å².